The van der Waals surface area contributed by atoms with Crippen molar-refractivity contribution < 1.29 is 5.11 Å². The van der Waals surface area contributed by atoms with Crippen molar-refractivity contribution in [2.75, 3.05) is 23.3 Å². The van der Waals surface area contributed by atoms with Gasteiger partial charge in [0.15, 0.2) is 11.2 Å². The van der Waals surface area contributed by atoms with Gasteiger partial charge in [-0.15, -0.1) is 5.10 Å². The number of aliphatic hydroxyl groups excluding tert-OH is 1. The van der Waals surface area contributed by atoms with Gasteiger partial charge in [0.2, 0.25) is 5.95 Å². The van der Waals surface area contributed by atoms with Crippen molar-refractivity contribution in [2.24, 2.45) is 5.73 Å². The summed E-state index contributed by atoms with van der Waals surface area (Å²) in [6.45, 7) is 1.56. The summed E-state index contributed by atoms with van der Waals surface area (Å²) in [5.74, 6) is 0.601. The fraction of sp³-hybridized carbons (Fsp3) is 0.500. The number of hydrogen-bond donors (Lipinski definition) is 3. The van der Waals surface area contributed by atoms with Crippen LogP contribution in [0.2, 0.25) is 0 Å². The summed E-state index contributed by atoms with van der Waals surface area (Å²) in [5.41, 5.74) is 9.33. The Labute approximate surface area is 168 Å². The van der Waals surface area contributed by atoms with Crippen LogP contribution in [0.25, 0.3) is 16.9 Å². The first-order chi connectivity index (χ1) is 14.2. The van der Waals surface area contributed by atoms with Gasteiger partial charge in [-0.25, -0.2) is 4.98 Å². The number of hydrogen-bond acceptors (Lipinski definition) is 8. The van der Waals surface area contributed by atoms with Crippen LogP contribution in [0.15, 0.2) is 30.5 Å². The molecule has 2 aromatic heterocycles. The van der Waals surface area contributed by atoms with Crippen LogP contribution in [0, 0.1) is 0 Å². The van der Waals surface area contributed by atoms with Crippen LogP contribution in [0.3, 0.4) is 0 Å². The highest BCUT2D eigenvalue weighted by molar-refractivity contribution is 5.72. The lowest BCUT2D eigenvalue weighted by Crippen LogP contribution is -2.33. The predicted octanol–water partition coefficient (Wildman–Crippen LogP) is 1.46. The maximum Gasteiger partial charge on any atom is 0.225 e. The minimum atomic E-state index is -0.239. The second-order valence-electron chi connectivity index (χ2n) is 8.06. The van der Waals surface area contributed by atoms with E-state index in [-0.39, 0.29) is 6.10 Å². The van der Waals surface area contributed by atoms with Crippen LogP contribution in [0.4, 0.5) is 11.6 Å². The van der Waals surface area contributed by atoms with Gasteiger partial charge in [0.25, 0.3) is 0 Å². The Morgan fingerprint density at radius 2 is 1.79 bits per heavy atom. The third-order valence-corrected chi connectivity index (χ3v) is 5.92. The van der Waals surface area contributed by atoms with Gasteiger partial charge in [-0.05, 0) is 56.4 Å². The van der Waals surface area contributed by atoms with E-state index in [1.165, 1.54) is 0 Å². The van der Waals surface area contributed by atoms with Crippen LogP contribution in [-0.4, -0.2) is 61.3 Å². The molecule has 1 aromatic carbocycles. The van der Waals surface area contributed by atoms with Crippen molar-refractivity contribution in [1.82, 2.24) is 25.0 Å². The largest absolute Gasteiger partial charge is 0.391 e. The van der Waals surface area contributed by atoms with E-state index in [1.54, 1.807) is 10.9 Å². The summed E-state index contributed by atoms with van der Waals surface area (Å²) in [6.07, 6.45) is 6.41. The molecule has 0 bridgehead atoms. The monoisotopic (exact) mass is 394 g/mol. The Balaban J connectivity index is 1.37. The number of aliphatic hydroxyl groups is 1. The Bertz CT molecular complexity index is 980. The lowest BCUT2D eigenvalue weighted by atomic mass is 9.92. The Hall–Kier alpha value is -2.78. The second kappa shape index (κ2) is 7.57. The zero-order chi connectivity index (χ0) is 19.8. The predicted molar refractivity (Wildman–Crippen MR) is 111 cm³/mol. The zero-order valence-corrected chi connectivity index (χ0v) is 16.3. The van der Waals surface area contributed by atoms with E-state index in [9.17, 15) is 5.11 Å². The summed E-state index contributed by atoms with van der Waals surface area (Å²) in [6, 6.07) is 8.78. The molecule has 4 N–H and O–H groups in total. The van der Waals surface area contributed by atoms with E-state index < -0.39 is 0 Å². The normalized spacial score (nSPS) is 24.9. The van der Waals surface area contributed by atoms with E-state index in [1.807, 2.05) is 24.3 Å². The number of nitrogens with one attached hydrogen (secondary N) is 1. The molecular weight excluding hydrogens is 368 g/mol. The van der Waals surface area contributed by atoms with Gasteiger partial charge in [0.05, 0.1) is 18.0 Å². The first-order valence-electron chi connectivity index (χ1n) is 10.3. The van der Waals surface area contributed by atoms with Crippen molar-refractivity contribution in [3.63, 3.8) is 0 Å². The van der Waals surface area contributed by atoms with Crippen LogP contribution >= 0.6 is 0 Å². The number of rotatable bonds is 4. The summed E-state index contributed by atoms with van der Waals surface area (Å²) in [5, 5.41) is 21.7. The highest BCUT2D eigenvalue weighted by atomic mass is 16.3. The van der Waals surface area contributed by atoms with Crippen molar-refractivity contribution in [2.45, 2.75) is 50.3 Å². The molecule has 29 heavy (non-hydrogen) atoms. The van der Waals surface area contributed by atoms with E-state index >= 15 is 0 Å². The van der Waals surface area contributed by atoms with Gasteiger partial charge in [0.1, 0.15) is 0 Å². The summed E-state index contributed by atoms with van der Waals surface area (Å²) >= 11 is 0. The lowest BCUT2D eigenvalue weighted by molar-refractivity contribution is 0.198. The summed E-state index contributed by atoms with van der Waals surface area (Å²) < 4.78 is 1.74. The van der Waals surface area contributed by atoms with Crippen LogP contribution in [0.1, 0.15) is 32.1 Å². The fourth-order valence-electron chi connectivity index (χ4n) is 4.20. The quantitative estimate of drug-likeness (QED) is 0.609. The van der Waals surface area contributed by atoms with Gasteiger partial charge >= 0.3 is 0 Å². The molecule has 1 aliphatic heterocycles. The Morgan fingerprint density at radius 3 is 2.52 bits per heavy atom. The molecule has 3 heterocycles. The molecule has 2 aliphatic rings. The molecular formula is C20H26N8O. The highest BCUT2D eigenvalue weighted by Crippen LogP contribution is 2.24. The maximum absolute atomic E-state index is 9.75. The molecule has 9 nitrogen and oxygen atoms in total. The molecule has 1 saturated carbocycles. The Morgan fingerprint density at radius 1 is 1.03 bits per heavy atom. The molecule has 0 unspecified atom stereocenters. The minimum absolute atomic E-state index is 0.239. The van der Waals surface area contributed by atoms with Crippen molar-refractivity contribution >= 4 is 22.8 Å². The third-order valence-electron chi connectivity index (χ3n) is 5.92. The van der Waals surface area contributed by atoms with Gasteiger partial charge in [0, 0.05) is 30.9 Å². The van der Waals surface area contributed by atoms with Gasteiger partial charge in [-0.2, -0.15) is 9.67 Å². The van der Waals surface area contributed by atoms with Gasteiger partial charge < -0.3 is 21.1 Å². The zero-order valence-electron chi connectivity index (χ0n) is 16.3. The topological polar surface area (TPSA) is 118 Å². The molecule has 0 radical (unpaired) electrons. The van der Waals surface area contributed by atoms with Crippen molar-refractivity contribution in [3.8, 4) is 5.69 Å². The number of fused-ring (bicyclic) bond motifs is 1. The average Bonchev–Trinajstić information content (AvgIpc) is 3.36. The standard InChI is InChI=1S/C20H26N8O/c21-13-1-3-14(4-2-13)23-20-22-11-18-19(24-20)28(26-25-18)16-7-5-15(6-8-16)27-10-9-17(29)12-27/h5-8,11,13-14,17,29H,1-4,9-10,12,21H2,(H,22,23,24)/t13?,14?,17-/m0/s1. The SMILES string of the molecule is NC1CCC(Nc2ncc3nnn(-c4ccc(N5CC[C@H](O)C5)cc4)c3n2)CC1. The fourth-order valence-corrected chi connectivity index (χ4v) is 4.20. The first-order valence-corrected chi connectivity index (χ1v) is 10.3. The molecule has 5 rings (SSSR count). The number of β-amino-alcohol motifs (C(OH)–C–C–N with tert-alkyl or cyclic N) is 1. The first kappa shape index (κ1) is 18.3. The molecule has 1 aliphatic carbocycles. The van der Waals surface area contributed by atoms with Crippen molar-refractivity contribution in [1.29, 1.82) is 0 Å². The molecule has 1 atom stereocenters. The van der Waals surface area contributed by atoms with Crippen molar-refractivity contribution in [3.05, 3.63) is 30.5 Å². The molecule has 0 amide bonds. The molecule has 3 aromatic rings. The highest BCUT2D eigenvalue weighted by Gasteiger charge is 2.21. The van der Waals surface area contributed by atoms with Gasteiger partial charge in [-0.1, -0.05) is 5.21 Å². The van der Waals surface area contributed by atoms with Crippen LogP contribution in [-0.2, 0) is 0 Å². The summed E-state index contributed by atoms with van der Waals surface area (Å²) in [7, 11) is 0. The number of aromatic nitrogens is 5. The minimum Gasteiger partial charge on any atom is -0.391 e. The molecule has 1 saturated heterocycles. The second-order valence-corrected chi connectivity index (χ2v) is 8.06. The molecule has 0 spiro atoms. The van der Waals surface area contributed by atoms with E-state index in [0.717, 1.165) is 50.0 Å². The molecule has 9 heteroatoms. The number of nitrogens with zero attached hydrogens (tertiary/aromatic N) is 6. The van der Waals surface area contributed by atoms with E-state index in [2.05, 4.69) is 30.5 Å². The number of anilines is 2. The Kier molecular flexibility index (Phi) is 4.76. The maximum atomic E-state index is 9.75. The average molecular weight is 394 g/mol. The van der Waals surface area contributed by atoms with Gasteiger partial charge in [-0.3, -0.25) is 0 Å². The number of benzene rings is 1. The lowest BCUT2D eigenvalue weighted by Gasteiger charge is -2.26. The molecule has 152 valence electrons. The van der Waals surface area contributed by atoms with Crippen LogP contribution in [0.5, 0.6) is 0 Å². The molecule has 2 fully saturated rings. The van der Waals surface area contributed by atoms with E-state index in [0.29, 0.717) is 35.7 Å². The van der Waals surface area contributed by atoms with E-state index in [4.69, 9.17) is 5.73 Å². The smallest absolute Gasteiger partial charge is 0.225 e. The van der Waals surface area contributed by atoms with Crippen LogP contribution < -0.4 is 16.0 Å². The summed E-state index contributed by atoms with van der Waals surface area (Å²) in [4.78, 5) is 11.3. The number of nitrogens with two attached hydrogens (primary N) is 1. The third kappa shape index (κ3) is 3.75.